The van der Waals surface area contributed by atoms with Gasteiger partial charge in [0.1, 0.15) is 0 Å². The zero-order valence-corrected chi connectivity index (χ0v) is 7.98. The Balaban J connectivity index is 2.03. The van der Waals surface area contributed by atoms with E-state index in [2.05, 4.69) is 31.2 Å². The van der Waals surface area contributed by atoms with Crippen LogP contribution >= 0.6 is 0 Å². The van der Waals surface area contributed by atoms with E-state index in [0.29, 0.717) is 24.4 Å². The van der Waals surface area contributed by atoms with Crippen LogP contribution in [0.2, 0.25) is 0 Å². The lowest BCUT2D eigenvalue weighted by molar-refractivity contribution is 0.265. The number of benzene rings is 1. The molecule has 0 spiro atoms. The largest absolute Gasteiger partial charge is 0.396 e. The molecule has 0 aliphatic heterocycles. The Hall–Kier alpha value is -0.820. The Morgan fingerprint density at radius 1 is 1.38 bits per heavy atom. The molecule has 1 aliphatic carbocycles. The highest BCUT2D eigenvalue weighted by Gasteiger charge is 2.40. The molecule has 0 heterocycles. The van der Waals surface area contributed by atoms with Crippen molar-refractivity contribution < 1.29 is 5.11 Å². The lowest BCUT2D eigenvalue weighted by Crippen LogP contribution is -1.99. The summed E-state index contributed by atoms with van der Waals surface area (Å²) < 4.78 is 0. The van der Waals surface area contributed by atoms with Gasteiger partial charge in [0.2, 0.25) is 0 Å². The molecule has 13 heavy (non-hydrogen) atoms. The first kappa shape index (κ1) is 8.76. The van der Waals surface area contributed by atoms with Crippen LogP contribution in [0.3, 0.4) is 0 Å². The first-order chi connectivity index (χ1) is 6.33. The van der Waals surface area contributed by atoms with E-state index in [1.165, 1.54) is 12.0 Å². The van der Waals surface area contributed by atoms with Gasteiger partial charge in [-0.3, -0.25) is 0 Å². The van der Waals surface area contributed by atoms with Crippen LogP contribution in [0.4, 0.5) is 0 Å². The van der Waals surface area contributed by atoms with Gasteiger partial charge in [-0.05, 0) is 29.7 Å². The minimum absolute atomic E-state index is 0.363. The molecular formula is C12H16O. The highest BCUT2D eigenvalue weighted by atomic mass is 16.3. The van der Waals surface area contributed by atoms with Gasteiger partial charge in [-0.1, -0.05) is 37.3 Å². The summed E-state index contributed by atoms with van der Waals surface area (Å²) in [7, 11) is 0. The molecule has 1 aliphatic rings. The predicted octanol–water partition coefficient (Wildman–Crippen LogP) is 2.42. The zero-order chi connectivity index (χ0) is 9.26. The fraction of sp³-hybridized carbons (Fsp3) is 0.500. The fourth-order valence-electron chi connectivity index (χ4n) is 2.10. The number of aliphatic hydroxyl groups excluding tert-OH is 1. The molecule has 1 fully saturated rings. The van der Waals surface area contributed by atoms with Crippen LogP contribution in [0.25, 0.3) is 0 Å². The van der Waals surface area contributed by atoms with Gasteiger partial charge in [0.05, 0.1) is 0 Å². The standard InChI is InChI=1S/C12H16O/c1-9(12-7-11(12)8-13)10-5-3-2-4-6-10/h2-6,9,11-13H,7-8H2,1H3/t9-,11+,12-/m0/s1. The van der Waals surface area contributed by atoms with E-state index in [1.54, 1.807) is 0 Å². The van der Waals surface area contributed by atoms with Crippen LogP contribution in [0, 0.1) is 11.8 Å². The van der Waals surface area contributed by atoms with Gasteiger partial charge >= 0.3 is 0 Å². The average Bonchev–Trinajstić information content (AvgIpc) is 2.97. The number of hydrogen-bond acceptors (Lipinski definition) is 1. The molecule has 0 saturated heterocycles. The van der Waals surface area contributed by atoms with Crippen LogP contribution in [0.15, 0.2) is 30.3 Å². The van der Waals surface area contributed by atoms with Crippen molar-refractivity contribution in [2.45, 2.75) is 19.3 Å². The molecule has 2 rings (SSSR count). The summed E-state index contributed by atoms with van der Waals surface area (Å²) in [6.45, 7) is 2.62. The van der Waals surface area contributed by atoms with Crippen molar-refractivity contribution in [2.24, 2.45) is 11.8 Å². The van der Waals surface area contributed by atoms with Crippen molar-refractivity contribution in [2.75, 3.05) is 6.61 Å². The SMILES string of the molecule is C[C@@H](c1ccccc1)[C@@H]1C[C@@H]1CO. The van der Waals surface area contributed by atoms with Crippen LogP contribution in [0.1, 0.15) is 24.8 Å². The summed E-state index contributed by atoms with van der Waals surface area (Å²) in [6.07, 6.45) is 1.20. The van der Waals surface area contributed by atoms with Crippen LogP contribution in [-0.2, 0) is 0 Å². The van der Waals surface area contributed by atoms with E-state index in [0.717, 1.165) is 0 Å². The maximum atomic E-state index is 8.97. The van der Waals surface area contributed by atoms with E-state index < -0.39 is 0 Å². The average molecular weight is 176 g/mol. The molecule has 1 N–H and O–H groups in total. The molecule has 0 aromatic heterocycles. The molecule has 3 atom stereocenters. The molecule has 1 saturated carbocycles. The first-order valence-corrected chi connectivity index (χ1v) is 4.98. The Labute approximate surface area is 79.4 Å². The van der Waals surface area contributed by atoms with Crippen molar-refractivity contribution in [3.63, 3.8) is 0 Å². The molecular weight excluding hydrogens is 160 g/mol. The van der Waals surface area contributed by atoms with E-state index in [4.69, 9.17) is 5.11 Å². The second kappa shape index (κ2) is 3.51. The fourth-order valence-corrected chi connectivity index (χ4v) is 2.10. The molecule has 0 unspecified atom stereocenters. The predicted molar refractivity (Wildman–Crippen MR) is 53.5 cm³/mol. The topological polar surface area (TPSA) is 20.2 Å². The van der Waals surface area contributed by atoms with Crippen molar-refractivity contribution in [1.82, 2.24) is 0 Å². The second-order valence-electron chi connectivity index (χ2n) is 4.04. The van der Waals surface area contributed by atoms with Gasteiger partial charge in [-0.25, -0.2) is 0 Å². The highest BCUT2D eigenvalue weighted by molar-refractivity contribution is 5.21. The second-order valence-corrected chi connectivity index (χ2v) is 4.04. The van der Waals surface area contributed by atoms with E-state index in [1.807, 2.05) is 6.07 Å². The van der Waals surface area contributed by atoms with Crippen molar-refractivity contribution >= 4 is 0 Å². The third-order valence-electron chi connectivity index (χ3n) is 3.18. The number of hydrogen-bond donors (Lipinski definition) is 1. The van der Waals surface area contributed by atoms with Crippen molar-refractivity contribution in [1.29, 1.82) is 0 Å². The Bertz CT molecular complexity index is 268. The molecule has 1 aromatic rings. The van der Waals surface area contributed by atoms with Crippen LogP contribution in [0.5, 0.6) is 0 Å². The van der Waals surface area contributed by atoms with Gasteiger partial charge < -0.3 is 5.11 Å². The van der Waals surface area contributed by atoms with Crippen molar-refractivity contribution in [3.8, 4) is 0 Å². The molecule has 1 nitrogen and oxygen atoms in total. The summed E-state index contributed by atoms with van der Waals surface area (Å²) in [6, 6.07) is 10.6. The Morgan fingerprint density at radius 2 is 2.08 bits per heavy atom. The normalized spacial score (nSPS) is 28.5. The summed E-state index contributed by atoms with van der Waals surface area (Å²) in [5.74, 6) is 1.89. The van der Waals surface area contributed by atoms with Gasteiger partial charge in [-0.2, -0.15) is 0 Å². The number of rotatable bonds is 3. The molecule has 1 heteroatoms. The molecule has 0 bridgehead atoms. The lowest BCUT2D eigenvalue weighted by atomic mass is 9.95. The summed E-state index contributed by atoms with van der Waals surface area (Å²) in [5.41, 5.74) is 1.41. The highest BCUT2D eigenvalue weighted by Crippen LogP contribution is 2.47. The van der Waals surface area contributed by atoms with Crippen LogP contribution in [-0.4, -0.2) is 11.7 Å². The number of aliphatic hydroxyl groups is 1. The molecule has 0 radical (unpaired) electrons. The monoisotopic (exact) mass is 176 g/mol. The minimum atomic E-state index is 0.363. The maximum absolute atomic E-state index is 8.97. The zero-order valence-electron chi connectivity index (χ0n) is 7.98. The van der Waals surface area contributed by atoms with Gasteiger partial charge in [-0.15, -0.1) is 0 Å². The van der Waals surface area contributed by atoms with E-state index in [-0.39, 0.29) is 0 Å². The Kier molecular flexibility index (Phi) is 2.36. The summed E-state index contributed by atoms with van der Waals surface area (Å²) in [4.78, 5) is 0. The molecule has 0 amide bonds. The van der Waals surface area contributed by atoms with Gasteiger partial charge in [0, 0.05) is 6.61 Å². The summed E-state index contributed by atoms with van der Waals surface area (Å²) >= 11 is 0. The third kappa shape index (κ3) is 1.75. The Morgan fingerprint density at radius 3 is 2.62 bits per heavy atom. The van der Waals surface area contributed by atoms with E-state index in [9.17, 15) is 0 Å². The van der Waals surface area contributed by atoms with Crippen molar-refractivity contribution in [3.05, 3.63) is 35.9 Å². The minimum Gasteiger partial charge on any atom is -0.396 e. The maximum Gasteiger partial charge on any atom is 0.0462 e. The first-order valence-electron chi connectivity index (χ1n) is 4.98. The van der Waals surface area contributed by atoms with E-state index >= 15 is 0 Å². The molecule has 70 valence electrons. The summed E-state index contributed by atoms with van der Waals surface area (Å²) in [5, 5.41) is 8.97. The lowest BCUT2D eigenvalue weighted by Gasteiger charge is -2.10. The third-order valence-corrected chi connectivity index (χ3v) is 3.18. The quantitative estimate of drug-likeness (QED) is 0.750. The van der Waals surface area contributed by atoms with Gasteiger partial charge in [0.15, 0.2) is 0 Å². The van der Waals surface area contributed by atoms with Crippen LogP contribution < -0.4 is 0 Å². The van der Waals surface area contributed by atoms with Gasteiger partial charge in [0.25, 0.3) is 0 Å². The molecule has 1 aromatic carbocycles. The smallest absolute Gasteiger partial charge is 0.0462 e.